The van der Waals surface area contributed by atoms with Crippen molar-refractivity contribution in [2.24, 2.45) is 0 Å². The zero-order valence-electron chi connectivity index (χ0n) is 16.6. The van der Waals surface area contributed by atoms with Gasteiger partial charge in [-0.1, -0.05) is 23.5 Å². The third kappa shape index (κ3) is 3.35. The van der Waals surface area contributed by atoms with E-state index in [0.717, 1.165) is 36.6 Å². The molecule has 0 unspecified atom stereocenters. The molecule has 0 atom stereocenters. The summed E-state index contributed by atoms with van der Waals surface area (Å²) in [6.07, 6.45) is 1.70. The Morgan fingerprint density at radius 2 is 1.89 bits per heavy atom. The van der Waals surface area contributed by atoms with Crippen LogP contribution >= 0.6 is 11.3 Å². The van der Waals surface area contributed by atoms with Crippen molar-refractivity contribution < 1.29 is 14.3 Å². The van der Waals surface area contributed by atoms with Gasteiger partial charge >= 0.3 is 6.03 Å². The lowest BCUT2D eigenvalue weighted by molar-refractivity contribution is -0.125. The number of rotatable bonds is 5. The van der Waals surface area contributed by atoms with Gasteiger partial charge in [0.2, 0.25) is 5.91 Å². The second-order valence-electron chi connectivity index (χ2n) is 7.54. The average molecular weight is 403 g/mol. The van der Waals surface area contributed by atoms with E-state index >= 15 is 0 Å². The molecule has 2 aliphatic heterocycles. The standard InChI is InChI=1S/C20H26N4O3S/c1-13-4-5-14(2)18-17(13)21-19(28-18)22-8-6-15(7-9-22)24-12-16(25)23(20(24)26)10-11-27-3/h4-5,15H,6-12H2,1-3H3. The number of aromatic nitrogens is 1. The van der Waals surface area contributed by atoms with Crippen molar-refractivity contribution in [3.63, 3.8) is 0 Å². The van der Waals surface area contributed by atoms with Gasteiger partial charge in [-0.2, -0.15) is 0 Å². The van der Waals surface area contributed by atoms with Crippen LogP contribution in [0, 0.1) is 13.8 Å². The number of piperidine rings is 1. The molecule has 150 valence electrons. The topological polar surface area (TPSA) is 66.0 Å². The van der Waals surface area contributed by atoms with Crippen molar-refractivity contribution in [2.45, 2.75) is 32.7 Å². The lowest BCUT2D eigenvalue weighted by Gasteiger charge is -2.36. The molecule has 0 bridgehead atoms. The summed E-state index contributed by atoms with van der Waals surface area (Å²) in [4.78, 5) is 35.0. The number of imide groups is 1. The van der Waals surface area contributed by atoms with Gasteiger partial charge in [-0.3, -0.25) is 9.69 Å². The Bertz CT molecular complexity index is 865. The van der Waals surface area contributed by atoms with Gasteiger partial charge < -0.3 is 14.5 Å². The predicted octanol–water partition coefficient (Wildman–Crippen LogP) is 2.79. The fourth-order valence-electron chi connectivity index (χ4n) is 4.00. The fourth-order valence-corrected chi connectivity index (χ4v) is 5.16. The zero-order valence-corrected chi connectivity index (χ0v) is 17.4. The molecule has 28 heavy (non-hydrogen) atoms. The first-order valence-electron chi connectivity index (χ1n) is 9.71. The van der Waals surface area contributed by atoms with Crippen LogP contribution in [0.2, 0.25) is 0 Å². The third-order valence-electron chi connectivity index (χ3n) is 5.71. The van der Waals surface area contributed by atoms with Gasteiger partial charge in [0.15, 0.2) is 5.13 Å². The maximum Gasteiger partial charge on any atom is 0.327 e. The lowest BCUT2D eigenvalue weighted by atomic mass is 10.0. The van der Waals surface area contributed by atoms with E-state index in [0.29, 0.717) is 13.2 Å². The first-order chi connectivity index (χ1) is 13.5. The van der Waals surface area contributed by atoms with Crippen molar-refractivity contribution in [3.05, 3.63) is 23.3 Å². The molecule has 0 aliphatic carbocycles. The van der Waals surface area contributed by atoms with Gasteiger partial charge in [-0.25, -0.2) is 9.78 Å². The van der Waals surface area contributed by atoms with Gasteiger partial charge in [0.1, 0.15) is 6.54 Å². The number of carbonyl (C=O) groups excluding carboxylic acids is 2. The van der Waals surface area contributed by atoms with Crippen LogP contribution in [0.1, 0.15) is 24.0 Å². The Balaban J connectivity index is 1.43. The van der Waals surface area contributed by atoms with E-state index in [1.54, 1.807) is 23.3 Å². The molecule has 1 aromatic carbocycles. The summed E-state index contributed by atoms with van der Waals surface area (Å²) < 4.78 is 6.26. The average Bonchev–Trinajstić information content (AvgIpc) is 3.26. The van der Waals surface area contributed by atoms with Crippen LogP contribution in [0.4, 0.5) is 9.93 Å². The van der Waals surface area contributed by atoms with Gasteiger partial charge in [0.05, 0.1) is 23.4 Å². The molecule has 7 nitrogen and oxygen atoms in total. The Hall–Kier alpha value is -2.19. The summed E-state index contributed by atoms with van der Waals surface area (Å²) in [6.45, 7) is 6.81. The molecule has 3 heterocycles. The quantitative estimate of drug-likeness (QED) is 0.720. The van der Waals surface area contributed by atoms with Crippen LogP contribution in [0.3, 0.4) is 0 Å². The molecule has 8 heteroatoms. The maximum absolute atomic E-state index is 12.6. The first-order valence-corrected chi connectivity index (χ1v) is 10.5. The third-order valence-corrected chi connectivity index (χ3v) is 6.96. The molecule has 2 aliphatic rings. The highest BCUT2D eigenvalue weighted by Crippen LogP contribution is 2.34. The van der Waals surface area contributed by atoms with E-state index in [4.69, 9.17) is 9.72 Å². The van der Waals surface area contributed by atoms with E-state index in [9.17, 15) is 9.59 Å². The number of aryl methyl sites for hydroxylation is 2. The zero-order chi connectivity index (χ0) is 19.8. The Morgan fingerprint density at radius 1 is 1.18 bits per heavy atom. The number of urea groups is 1. The van der Waals surface area contributed by atoms with Crippen molar-refractivity contribution in [1.82, 2.24) is 14.8 Å². The molecule has 2 aromatic rings. The van der Waals surface area contributed by atoms with Crippen LogP contribution in [0.15, 0.2) is 12.1 Å². The molecule has 0 N–H and O–H groups in total. The summed E-state index contributed by atoms with van der Waals surface area (Å²) in [5.41, 5.74) is 3.56. The van der Waals surface area contributed by atoms with Crippen LogP contribution in [0.25, 0.3) is 10.2 Å². The number of fused-ring (bicyclic) bond motifs is 1. The Kier molecular flexibility index (Phi) is 5.25. The molecule has 0 saturated carbocycles. The van der Waals surface area contributed by atoms with Gasteiger partial charge in [0, 0.05) is 26.2 Å². The van der Waals surface area contributed by atoms with Crippen LogP contribution in [-0.2, 0) is 9.53 Å². The molecular weight excluding hydrogens is 376 g/mol. The lowest BCUT2D eigenvalue weighted by Crippen LogP contribution is -2.46. The molecule has 2 saturated heterocycles. The Labute approximate surface area is 168 Å². The normalized spacial score (nSPS) is 18.8. The molecule has 3 amide bonds. The number of anilines is 1. The SMILES string of the molecule is COCCN1C(=O)CN(C2CCN(c3nc4c(C)ccc(C)c4s3)CC2)C1=O. The number of ether oxygens (including phenoxy) is 1. The number of benzene rings is 1. The molecule has 0 spiro atoms. The van der Waals surface area contributed by atoms with Gasteiger partial charge in [-0.05, 0) is 37.8 Å². The van der Waals surface area contributed by atoms with Crippen LogP contribution in [0.5, 0.6) is 0 Å². The second-order valence-corrected chi connectivity index (χ2v) is 8.52. The number of amides is 3. The smallest absolute Gasteiger partial charge is 0.327 e. The number of hydrogen-bond donors (Lipinski definition) is 0. The fraction of sp³-hybridized carbons (Fsp3) is 0.550. The summed E-state index contributed by atoms with van der Waals surface area (Å²) in [5, 5.41) is 1.05. The van der Waals surface area contributed by atoms with E-state index < -0.39 is 0 Å². The number of nitrogens with zero attached hydrogens (tertiary/aromatic N) is 4. The summed E-state index contributed by atoms with van der Waals surface area (Å²) in [7, 11) is 1.57. The summed E-state index contributed by atoms with van der Waals surface area (Å²) in [6, 6.07) is 4.21. The molecular formula is C20H26N4O3S. The highest BCUT2D eigenvalue weighted by Gasteiger charge is 2.40. The van der Waals surface area contributed by atoms with E-state index in [1.165, 1.54) is 20.7 Å². The molecule has 0 radical (unpaired) electrons. The van der Waals surface area contributed by atoms with E-state index in [1.807, 2.05) is 0 Å². The predicted molar refractivity (Wildman–Crippen MR) is 110 cm³/mol. The van der Waals surface area contributed by atoms with Crippen molar-refractivity contribution in [2.75, 3.05) is 44.8 Å². The van der Waals surface area contributed by atoms with Gasteiger partial charge in [-0.15, -0.1) is 0 Å². The van der Waals surface area contributed by atoms with E-state index in [-0.39, 0.29) is 24.5 Å². The number of carbonyl (C=O) groups is 2. The largest absolute Gasteiger partial charge is 0.383 e. The first kappa shape index (κ1) is 19.1. The highest BCUT2D eigenvalue weighted by atomic mass is 32.1. The van der Waals surface area contributed by atoms with Crippen molar-refractivity contribution >= 4 is 38.6 Å². The molecule has 2 fully saturated rings. The summed E-state index contributed by atoms with van der Waals surface area (Å²) >= 11 is 1.75. The summed E-state index contributed by atoms with van der Waals surface area (Å²) in [5.74, 6) is -0.124. The highest BCUT2D eigenvalue weighted by molar-refractivity contribution is 7.22. The number of methoxy groups -OCH3 is 1. The minimum atomic E-state index is -0.174. The van der Waals surface area contributed by atoms with Gasteiger partial charge in [0.25, 0.3) is 0 Å². The van der Waals surface area contributed by atoms with Crippen LogP contribution in [-0.4, -0.2) is 72.7 Å². The molecule has 1 aromatic heterocycles. The van der Waals surface area contributed by atoms with E-state index in [2.05, 4.69) is 30.9 Å². The Morgan fingerprint density at radius 3 is 2.57 bits per heavy atom. The van der Waals surface area contributed by atoms with Crippen LogP contribution < -0.4 is 4.90 Å². The minimum Gasteiger partial charge on any atom is -0.383 e. The number of hydrogen-bond acceptors (Lipinski definition) is 6. The molecule has 4 rings (SSSR count). The number of thiazole rings is 1. The second kappa shape index (κ2) is 7.67. The maximum atomic E-state index is 12.6. The minimum absolute atomic E-state index is 0.109. The van der Waals surface area contributed by atoms with Crippen molar-refractivity contribution in [3.8, 4) is 0 Å². The van der Waals surface area contributed by atoms with Crippen molar-refractivity contribution in [1.29, 1.82) is 0 Å². The monoisotopic (exact) mass is 402 g/mol.